The van der Waals surface area contributed by atoms with Crippen LogP contribution in [0.3, 0.4) is 0 Å². The van der Waals surface area contributed by atoms with Gasteiger partial charge in [0.15, 0.2) is 34.4 Å². The van der Waals surface area contributed by atoms with E-state index in [4.69, 9.17) is 28.4 Å². The number of carbonyl (C=O) groups excluding carboxylic acids is 1. The van der Waals surface area contributed by atoms with Gasteiger partial charge in [0.25, 0.3) is 0 Å². The first-order chi connectivity index (χ1) is 13.2. The molecule has 2 fully saturated rings. The van der Waals surface area contributed by atoms with E-state index in [9.17, 15) is 4.79 Å². The smallest absolute Gasteiger partial charge is 0.231 e. The second-order valence-electron chi connectivity index (χ2n) is 7.02. The van der Waals surface area contributed by atoms with Crippen LogP contribution in [-0.2, 0) is 19.9 Å². The van der Waals surface area contributed by atoms with Gasteiger partial charge in [-0.15, -0.1) is 0 Å². The maximum atomic E-state index is 13.3. The lowest BCUT2D eigenvalue weighted by Crippen LogP contribution is -2.45. The molecule has 0 aromatic heterocycles. The zero-order chi connectivity index (χ0) is 18.0. The maximum absolute atomic E-state index is 13.3. The fraction of sp³-hybridized carbons (Fsp3) is 0.350. The van der Waals surface area contributed by atoms with Crippen LogP contribution in [0.15, 0.2) is 36.4 Å². The molecule has 0 spiro atoms. The summed E-state index contributed by atoms with van der Waals surface area (Å²) in [5.41, 5.74) is 0.546. The van der Waals surface area contributed by atoms with Crippen LogP contribution in [0.5, 0.6) is 23.0 Å². The first-order valence-electron chi connectivity index (χ1n) is 8.84. The molecule has 7 heteroatoms. The molecular formula is C20H16O7. The van der Waals surface area contributed by atoms with E-state index in [0.29, 0.717) is 29.6 Å². The average molecular weight is 368 g/mol. The van der Waals surface area contributed by atoms with E-state index in [1.54, 1.807) is 6.07 Å². The SMILES string of the molecule is O=C1[C@@H]2CO[C@@]1(c1ccc3c(c1)OCO3)CO[C@@H]2c1ccc2c(c1)OCO2. The summed E-state index contributed by atoms with van der Waals surface area (Å²) in [4.78, 5) is 13.3. The quantitative estimate of drug-likeness (QED) is 0.805. The predicted molar refractivity (Wildman–Crippen MR) is 90.0 cm³/mol. The van der Waals surface area contributed by atoms with Gasteiger partial charge in [0.2, 0.25) is 13.6 Å². The van der Waals surface area contributed by atoms with Crippen LogP contribution < -0.4 is 18.9 Å². The predicted octanol–water partition coefficient (Wildman–Crippen LogP) is 2.33. The lowest BCUT2D eigenvalue weighted by molar-refractivity contribution is -0.155. The van der Waals surface area contributed by atoms with Crippen molar-refractivity contribution in [2.24, 2.45) is 5.92 Å². The Balaban J connectivity index is 1.33. The Morgan fingerprint density at radius 2 is 1.56 bits per heavy atom. The van der Waals surface area contributed by atoms with Crippen LogP contribution in [0, 0.1) is 5.92 Å². The van der Waals surface area contributed by atoms with Crippen molar-refractivity contribution in [3.05, 3.63) is 47.5 Å². The van der Waals surface area contributed by atoms with Gasteiger partial charge in [-0.2, -0.15) is 0 Å². The molecule has 4 heterocycles. The van der Waals surface area contributed by atoms with Crippen molar-refractivity contribution in [2.75, 3.05) is 26.8 Å². The lowest BCUT2D eigenvalue weighted by atomic mass is 9.80. The van der Waals surface area contributed by atoms with Crippen molar-refractivity contribution in [3.63, 3.8) is 0 Å². The molecule has 4 aliphatic heterocycles. The lowest BCUT2D eigenvalue weighted by Gasteiger charge is -2.34. The van der Waals surface area contributed by atoms with Crippen LogP contribution in [0.1, 0.15) is 17.2 Å². The minimum absolute atomic E-state index is 0.0373. The number of benzene rings is 2. The third-order valence-corrected chi connectivity index (χ3v) is 5.64. The molecule has 0 saturated carbocycles. The van der Waals surface area contributed by atoms with Gasteiger partial charge in [-0.1, -0.05) is 12.1 Å². The molecular weight excluding hydrogens is 352 g/mol. The molecule has 4 aliphatic rings. The van der Waals surface area contributed by atoms with Gasteiger partial charge >= 0.3 is 0 Å². The van der Waals surface area contributed by atoms with Gasteiger partial charge in [-0.25, -0.2) is 0 Å². The second-order valence-corrected chi connectivity index (χ2v) is 7.02. The Morgan fingerprint density at radius 1 is 0.852 bits per heavy atom. The summed E-state index contributed by atoms with van der Waals surface area (Å²) in [6, 6.07) is 11.1. The van der Waals surface area contributed by atoms with Crippen molar-refractivity contribution in [1.29, 1.82) is 0 Å². The van der Waals surface area contributed by atoms with Crippen molar-refractivity contribution in [1.82, 2.24) is 0 Å². The summed E-state index contributed by atoms with van der Waals surface area (Å²) >= 11 is 0. The summed E-state index contributed by atoms with van der Waals surface area (Å²) < 4.78 is 33.8. The number of hydrogen-bond donors (Lipinski definition) is 0. The second kappa shape index (κ2) is 5.37. The van der Waals surface area contributed by atoms with E-state index in [0.717, 1.165) is 11.1 Å². The first kappa shape index (κ1) is 15.3. The minimum atomic E-state index is -1.08. The molecule has 0 N–H and O–H groups in total. The number of ether oxygens (including phenoxy) is 6. The molecule has 2 bridgehead atoms. The molecule has 0 amide bonds. The number of Topliss-reactive ketones (excluding diaryl/α,β-unsaturated/α-hetero) is 1. The highest BCUT2D eigenvalue weighted by molar-refractivity contribution is 5.94. The summed E-state index contributed by atoms with van der Waals surface area (Å²) in [6.45, 7) is 0.863. The first-order valence-corrected chi connectivity index (χ1v) is 8.84. The standard InChI is InChI=1S/C20H16O7/c21-19-13-7-27-20(19,12-2-4-15-17(6-12)26-10-24-15)8-22-18(13)11-1-3-14-16(5-11)25-9-23-14/h1-6,13,18H,7-10H2/t13-,18-,20-/m1/s1. The summed E-state index contributed by atoms with van der Waals surface area (Å²) in [6.07, 6.45) is -0.364. The fourth-order valence-electron chi connectivity index (χ4n) is 4.21. The van der Waals surface area contributed by atoms with Crippen LogP contribution in [0.25, 0.3) is 0 Å². The van der Waals surface area contributed by atoms with Crippen LogP contribution in [0.4, 0.5) is 0 Å². The van der Waals surface area contributed by atoms with Crippen LogP contribution in [-0.4, -0.2) is 32.6 Å². The zero-order valence-electron chi connectivity index (χ0n) is 14.3. The molecule has 0 radical (unpaired) electrons. The van der Waals surface area contributed by atoms with Crippen molar-refractivity contribution >= 4 is 5.78 Å². The van der Waals surface area contributed by atoms with Gasteiger partial charge in [-0.05, 0) is 35.4 Å². The number of carbonyl (C=O) groups is 1. The maximum Gasteiger partial charge on any atom is 0.231 e. The highest BCUT2D eigenvalue weighted by atomic mass is 16.7. The third kappa shape index (κ3) is 2.06. The third-order valence-electron chi connectivity index (χ3n) is 5.64. The van der Waals surface area contributed by atoms with Crippen LogP contribution >= 0.6 is 0 Å². The highest BCUT2D eigenvalue weighted by Gasteiger charge is 2.57. The zero-order valence-corrected chi connectivity index (χ0v) is 14.3. The largest absolute Gasteiger partial charge is 0.454 e. The van der Waals surface area contributed by atoms with E-state index >= 15 is 0 Å². The van der Waals surface area contributed by atoms with Crippen molar-refractivity contribution < 1.29 is 33.2 Å². The number of fused-ring (bicyclic) bond motifs is 4. The molecule has 27 heavy (non-hydrogen) atoms. The van der Waals surface area contributed by atoms with Gasteiger partial charge in [0.1, 0.15) is 0 Å². The molecule has 3 atom stereocenters. The average Bonchev–Trinajstić information content (AvgIpc) is 3.38. The minimum Gasteiger partial charge on any atom is -0.454 e. The molecule has 2 aromatic carbocycles. The van der Waals surface area contributed by atoms with Gasteiger partial charge in [0, 0.05) is 0 Å². The Bertz CT molecular complexity index is 955. The Morgan fingerprint density at radius 3 is 2.37 bits per heavy atom. The summed E-state index contributed by atoms with van der Waals surface area (Å²) in [5.74, 6) is 2.35. The van der Waals surface area contributed by atoms with E-state index in [1.807, 2.05) is 30.3 Å². The number of rotatable bonds is 2. The van der Waals surface area contributed by atoms with Crippen molar-refractivity contribution in [3.8, 4) is 23.0 Å². The molecule has 2 aromatic rings. The Kier molecular flexibility index (Phi) is 3.04. The summed E-state index contributed by atoms with van der Waals surface area (Å²) in [7, 11) is 0. The van der Waals surface area contributed by atoms with Gasteiger partial charge in [0.05, 0.1) is 25.2 Å². The Labute approximate surface area is 154 Å². The van der Waals surface area contributed by atoms with E-state index in [-0.39, 0.29) is 38.0 Å². The topological polar surface area (TPSA) is 72.5 Å². The molecule has 7 nitrogen and oxygen atoms in total. The van der Waals surface area contributed by atoms with Gasteiger partial charge < -0.3 is 28.4 Å². The number of ketones is 1. The Hall–Kier alpha value is -2.77. The number of hydrogen-bond acceptors (Lipinski definition) is 7. The van der Waals surface area contributed by atoms with Crippen LogP contribution in [0.2, 0.25) is 0 Å². The molecule has 6 rings (SSSR count). The van der Waals surface area contributed by atoms with Crippen molar-refractivity contribution in [2.45, 2.75) is 11.7 Å². The molecule has 2 saturated heterocycles. The molecule has 0 unspecified atom stereocenters. The molecule has 0 aliphatic carbocycles. The van der Waals surface area contributed by atoms with E-state index < -0.39 is 5.60 Å². The fourth-order valence-corrected chi connectivity index (χ4v) is 4.21. The normalized spacial score (nSPS) is 30.0. The monoisotopic (exact) mass is 368 g/mol. The van der Waals surface area contributed by atoms with E-state index in [1.165, 1.54) is 0 Å². The summed E-state index contributed by atoms with van der Waals surface area (Å²) in [5, 5.41) is 0. The molecule has 138 valence electrons. The van der Waals surface area contributed by atoms with E-state index in [2.05, 4.69) is 0 Å². The van der Waals surface area contributed by atoms with Gasteiger partial charge in [-0.3, -0.25) is 4.79 Å². The highest BCUT2D eigenvalue weighted by Crippen LogP contribution is 2.49.